The van der Waals surface area contributed by atoms with Crippen molar-refractivity contribution in [3.63, 3.8) is 0 Å². The fourth-order valence-corrected chi connectivity index (χ4v) is 1.31. The largest absolute Gasteiger partial charge is 0.256 e. The molecule has 1 radical (unpaired) electrons. The molecule has 1 aromatic rings. The first-order chi connectivity index (χ1) is 5.86. The lowest BCUT2D eigenvalue weighted by Crippen LogP contribution is -1.90. The number of halogens is 1. The molecule has 0 atom stereocenters. The summed E-state index contributed by atoms with van der Waals surface area (Å²) in [7, 11) is 0. The monoisotopic (exact) mass is 176 g/mol. The number of hydrogen-bond donors (Lipinski definition) is 0. The average Bonchev–Trinajstić information content (AvgIpc) is 2.56. The summed E-state index contributed by atoms with van der Waals surface area (Å²) in [5.41, 5.74) is 2.03. The minimum Gasteiger partial charge on any atom is -0.256 e. The quantitative estimate of drug-likeness (QED) is 0.625. The van der Waals surface area contributed by atoms with Crippen molar-refractivity contribution in [3.8, 4) is 0 Å². The Balaban J connectivity index is 2.35. The molecule has 0 fully saturated rings. The Bertz CT molecular complexity index is 353. The third-order valence-corrected chi connectivity index (χ3v) is 1.91. The van der Waals surface area contributed by atoms with Crippen LogP contribution < -0.4 is 5.32 Å². The maximum absolute atomic E-state index is 5.83. The van der Waals surface area contributed by atoms with Crippen LogP contribution in [0.25, 0.3) is 5.70 Å². The molecule has 0 spiro atoms. The fourth-order valence-electron chi connectivity index (χ4n) is 1.12. The highest BCUT2D eigenvalue weighted by Gasteiger charge is 2.03. The minimum atomic E-state index is 0.746. The molecular formula is C10H7ClN. The van der Waals surface area contributed by atoms with E-state index in [2.05, 4.69) is 5.32 Å². The van der Waals surface area contributed by atoms with Gasteiger partial charge < -0.3 is 0 Å². The second kappa shape index (κ2) is 3.03. The molecule has 2 rings (SSSR count). The van der Waals surface area contributed by atoms with E-state index in [1.165, 1.54) is 0 Å². The zero-order valence-corrected chi connectivity index (χ0v) is 7.12. The van der Waals surface area contributed by atoms with E-state index < -0.39 is 0 Å². The van der Waals surface area contributed by atoms with Crippen LogP contribution in [0.2, 0.25) is 5.02 Å². The van der Waals surface area contributed by atoms with Crippen LogP contribution in [0.15, 0.2) is 42.6 Å². The summed E-state index contributed by atoms with van der Waals surface area (Å²) >= 11 is 5.83. The van der Waals surface area contributed by atoms with Gasteiger partial charge in [0.25, 0.3) is 0 Å². The van der Waals surface area contributed by atoms with Crippen molar-refractivity contribution in [2.24, 2.45) is 0 Å². The van der Waals surface area contributed by atoms with E-state index in [1.807, 2.05) is 36.4 Å². The van der Waals surface area contributed by atoms with Crippen LogP contribution >= 0.6 is 11.6 Å². The molecule has 2 heteroatoms. The lowest BCUT2D eigenvalue weighted by atomic mass is 10.1. The van der Waals surface area contributed by atoms with Crippen LogP contribution in [-0.4, -0.2) is 0 Å². The van der Waals surface area contributed by atoms with Gasteiger partial charge in [0, 0.05) is 16.8 Å². The van der Waals surface area contributed by atoms with Gasteiger partial charge in [0.05, 0.1) is 5.70 Å². The number of allylic oxidation sites excluding steroid dienone is 2. The molecule has 0 aromatic heterocycles. The molecule has 0 aliphatic carbocycles. The lowest BCUT2D eigenvalue weighted by molar-refractivity contribution is 1.22. The molecular weight excluding hydrogens is 170 g/mol. The van der Waals surface area contributed by atoms with E-state index in [4.69, 9.17) is 11.6 Å². The first-order valence-corrected chi connectivity index (χ1v) is 4.08. The van der Waals surface area contributed by atoms with E-state index in [0.717, 1.165) is 16.3 Å². The SMILES string of the molecule is Clc1cccc(C2=CC=C[N]2)c1. The molecule has 0 saturated carbocycles. The topological polar surface area (TPSA) is 14.1 Å². The van der Waals surface area contributed by atoms with Crippen molar-refractivity contribution in [3.05, 3.63) is 53.2 Å². The van der Waals surface area contributed by atoms with Gasteiger partial charge in [-0.1, -0.05) is 23.7 Å². The van der Waals surface area contributed by atoms with E-state index in [9.17, 15) is 0 Å². The zero-order chi connectivity index (χ0) is 8.39. The van der Waals surface area contributed by atoms with Crippen molar-refractivity contribution in [1.29, 1.82) is 0 Å². The molecule has 0 amide bonds. The van der Waals surface area contributed by atoms with Crippen molar-refractivity contribution in [2.45, 2.75) is 0 Å². The van der Waals surface area contributed by atoms with Crippen LogP contribution in [0, 0.1) is 0 Å². The van der Waals surface area contributed by atoms with E-state index in [-0.39, 0.29) is 0 Å². The van der Waals surface area contributed by atoms with Crippen molar-refractivity contribution in [1.82, 2.24) is 5.32 Å². The molecule has 12 heavy (non-hydrogen) atoms. The van der Waals surface area contributed by atoms with E-state index in [1.54, 1.807) is 6.20 Å². The Kier molecular flexibility index (Phi) is 1.88. The maximum Gasteiger partial charge on any atom is 0.0703 e. The summed E-state index contributed by atoms with van der Waals surface area (Å²) in [5, 5.41) is 4.91. The second-order valence-electron chi connectivity index (χ2n) is 2.53. The molecule has 1 aromatic carbocycles. The molecule has 0 saturated heterocycles. The van der Waals surface area contributed by atoms with Gasteiger partial charge in [-0.15, -0.1) is 0 Å². The summed E-state index contributed by atoms with van der Waals surface area (Å²) in [6.45, 7) is 0. The van der Waals surface area contributed by atoms with Crippen LogP contribution in [0.4, 0.5) is 0 Å². The van der Waals surface area contributed by atoms with Crippen LogP contribution in [-0.2, 0) is 0 Å². The van der Waals surface area contributed by atoms with Gasteiger partial charge in [-0.2, -0.15) is 0 Å². The number of benzene rings is 1. The molecule has 0 unspecified atom stereocenters. The number of rotatable bonds is 1. The summed E-state index contributed by atoms with van der Waals surface area (Å²) < 4.78 is 0. The summed E-state index contributed by atoms with van der Waals surface area (Å²) in [5.74, 6) is 0. The van der Waals surface area contributed by atoms with Gasteiger partial charge in [0.15, 0.2) is 0 Å². The molecule has 1 heterocycles. The van der Waals surface area contributed by atoms with E-state index in [0.29, 0.717) is 0 Å². The second-order valence-corrected chi connectivity index (χ2v) is 2.97. The van der Waals surface area contributed by atoms with Crippen LogP contribution in [0.1, 0.15) is 5.56 Å². The van der Waals surface area contributed by atoms with Gasteiger partial charge in [0.2, 0.25) is 0 Å². The fraction of sp³-hybridized carbons (Fsp3) is 0. The molecule has 0 N–H and O–H groups in total. The summed E-state index contributed by atoms with van der Waals surface area (Å²) in [6, 6.07) is 7.68. The smallest absolute Gasteiger partial charge is 0.0703 e. The highest BCUT2D eigenvalue weighted by molar-refractivity contribution is 6.30. The molecule has 59 valence electrons. The highest BCUT2D eigenvalue weighted by Crippen LogP contribution is 2.19. The molecule has 1 aliphatic rings. The van der Waals surface area contributed by atoms with E-state index >= 15 is 0 Å². The Labute approximate surface area is 76.4 Å². The molecule has 0 bridgehead atoms. The summed E-state index contributed by atoms with van der Waals surface area (Å²) in [6.07, 6.45) is 5.65. The van der Waals surface area contributed by atoms with Crippen molar-refractivity contribution in [2.75, 3.05) is 0 Å². The van der Waals surface area contributed by atoms with Gasteiger partial charge in [-0.3, -0.25) is 5.32 Å². The number of hydrogen-bond acceptors (Lipinski definition) is 0. The zero-order valence-electron chi connectivity index (χ0n) is 6.37. The minimum absolute atomic E-state index is 0.746. The predicted octanol–water partition coefficient (Wildman–Crippen LogP) is 2.81. The van der Waals surface area contributed by atoms with Gasteiger partial charge in [-0.25, -0.2) is 0 Å². The third kappa shape index (κ3) is 1.36. The van der Waals surface area contributed by atoms with Crippen LogP contribution in [0.5, 0.6) is 0 Å². The maximum atomic E-state index is 5.83. The molecule has 1 aliphatic heterocycles. The standard InChI is InChI=1S/C10H7ClN/c11-9-4-1-3-8(7-9)10-5-2-6-12-10/h1-7H. The number of nitrogens with zero attached hydrogens (tertiary/aromatic N) is 1. The third-order valence-electron chi connectivity index (χ3n) is 1.67. The van der Waals surface area contributed by atoms with Gasteiger partial charge in [-0.05, 0) is 24.3 Å². The normalized spacial score (nSPS) is 14.2. The Hall–Kier alpha value is -1.21. The van der Waals surface area contributed by atoms with Crippen LogP contribution in [0.3, 0.4) is 0 Å². The summed E-state index contributed by atoms with van der Waals surface area (Å²) in [4.78, 5) is 0. The Morgan fingerprint density at radius 2 is 2.17 bits per heavy atom. The van der Waals surface area contributed by atoms with Gasteiger partial charge >= 0.3 is 0 Å². The highest BCUT2D eigenvalue weighted by atomic mass is 35.5. The predicted molar refractivity (Wildman–Crippen MR) is 50.7 cm³/mol. The Morgan fingerprint density at radius 1 is 1.25 bits per heavy atom. The molecule has 1 nitrogen and oxygen atoms in total. The average molecular weight is 177 g/mol. The lowest BCUT2D eigenvalue weighted by Gasteiger charge is -2.00. The first-order valence-electron chi connectivity index (χ1n) is 3.70. The van der Waals surface area contributed by atoms with Crippen molar-refractivity contribution < 1.29 is 0 Å². The van der Waals surface area contributed by atoms with Crippen molar-refractivity contribution >= 4 is 17.3 Å². The Morgan fingerprint density at radius 3 is 2.83 bits per heavy atom. The first kappa shape index (κ1) is 7.44. The van der Waals surface area contributed by atoms with Gasteiger partial charge in [0.1, 0.15) is 0 Å².